The Hall–Kier alpha value is -1.69. The maximum atomic E-state index is 6.04. The molecule has 1 atom stereocenters. The summed E-state index contributed by atoms with van der Waals surface area (Å²) in [6, 6.07) is 0. The van der Waals surface area contributed by atoms with E-state index < -0.39 is 0 Å². The fourth-order valence-electron chi connectivity index (χ4n) is 1.96. The molecule has 6 nitrogen and oxygen atoms in total. The first-order valence-electron chi connectivity index (χ1n) is 5.46. The van der Waals surface area contributed by atoms with Crippen molar-refractivity contribution in [1.82, 2.24) is 10.2 Å². The van der Waals surface area contributed by atoms with Crippen molar-refractivity contribution in [1.29, 1.82) is 0 Å². The minimum Gasteiger partial charge on any atom is -0.385 e. The molecule has 86 valence electrons. The van der Waals surface area contributed by atoms with Gasteiger partial charge >= 0.3 is 5.84 Å². The van der Waals surface area contributed by atoms with Crippen LogP contribution in [0.15, 0.2) is 33.4 Å². The zero-order valence-electron chi connectivity index (χ0n) is 9.57. The van der Waals surface area contributed by atoms with Crippen LogP contribution in [0.2, 0.25) is 0 Å². The van der Waals surface area contributed by atoms with Crippen LogP contribution in [0, 0.1) is 0 Å². The Morgan fingerprint density at radius 1 is 1.50 bits per heavy atom. The van der Waals surface area contributed by atoms with Crippen LogP contribution in [-0.4, -0.2) is 30.0 Å². The van der Waals surface area contributed by atoms with E-state index in [-0.39, 0.29) is 6.17 Å². The molecule has 2 aliphatic rings. The second-order valence-electron chi connectivity index (χ2n) is 3.67. The number of azo groups is 1. The molecular weight excluding hydrogens is 204 g/mol. The fraction of sp³-hybridized carbons (Fsp3) is 0.500. The molecule has 2 heterocycles. The quantitative estimate of drug-likeness (QED) is 0.567. The standard InChI is InChI=1S/C10H16N6/c1-3-13-6-5-7(11)16(4-2)10-8(6)9(12)14-15-10/h5,7,12-13H,3-4,11H2,1-2H3/p+1. The molecule has 0 spiro atoms. The molecule has 1 unspecified atom stereocenters. The van der Waals surface area contributed by atoms with Gasteiger partial charge in [-0.15, -0.1) is 0 Å². The highest BCUT2D eigenvalue weighted by Crippen LogP contribution is 2.29. The first-order valence-corrected chi connectivity index (χ1v) is 5.46. The Balaban J connectivity index is 2.41. The maximum absolute atomic E-state index is 6.04. The van der Waals surface area contributed by atoms with Gasteiger partial charge in [0.2, 0.25) is 0 Å². The number of hydrogen-bond acceptors (Lipinski definition) is 4. The number of rotatable bonds is 3. The number of nitrogens with zero attached hydrogens (tertiary/aromatic N) is 3. The predicted octanol–water partition coefficient (Wildman–Crippen LogP) is -1.06. The lowest BCUT2D eigenvalue weighted by molar-refractivity contribution is -0.114. The predicted molar refractivity (Wildman–Crippen MR) is 60.9 cm³/mol. The van der Waals surface area contributed by atoms with Crippen LogP contribution in [0.5, 0.6) is 0 Å². The smallest absolute Gasteiger partial charge is 0.355 e. The van der Waals surface area contributed by atoms with Gasteiger partial charge in [0.25, 0.3) is 0 Å². The number of nitrogens with two attached hydrogens (primary N) is 2. The summed E-state index contributed by atoms with van der Waals surface area (Å²) in [7, 11) is 0. The van der Waals surface area contributed by atoms with Crippen LogP contribution in [-0.2, 0) is 0 Å². The third kappa shape index (κ3) is 1.51. The molecule has 0 aromatic rings. The van der Waals surface area contributed by atoms with Crippen molar-refractivity contribution in [2.45, 2.75) is 20.0 Å². The van der Waals surface area contributed by atoms with E-state index in [0.29, 0.717) is 5.84 Å². The van der Waals surface area contributed by atoms with E-state index in [1.165, 1.54) is 0 Å². The minimum absolute atomic E-state index is 0.178. The summed E-state index contributed by atoms with van der Waals surface area (Å²) >= 11 is 0. The fourth-order valence-corrected chi connectivity index (χ4v) is 1.96. The van der Waals surface area contributed by atoms with Crippen molar-refractivity contribution in [2.75, 3.05) is 13.1 Å². The molecule has 0 radical (unpaired) electrons. The van der Waals surface area contributed by atoms with Crippen LogP contribution in [0.25, 0.3) is 0 Å². The molecule has 5 N–H and O–H groups in total. The van der Waals surface area contributed by atoms with Crippen LogP contribution in [0.4, 0.5) is 0 Å². The highest BCUT2D eigenvalue weighted by Gasteiger charge is 2.37. The van der Waals surface area contributed by atoms with E-state index in [4.69, 9.17) is 11.1 Å². The summed E-state index contributed by atoms with van der Waals surface area (Å²) in [6.07, 6.45) is 1.78. The first-order chi connectivity index (χ1) is 7.69. The van der Waals surface area contributed by atoms with E-state index >= 15 is 0 Å². The molecule has 0 amide bonds. The van der Waals surface area contributed by atoms with Crippen molar-refractivity contribution in [3.63, 3.8) is 0 Å². The Bertz CT molecular complexity index is 406. The molecule has 0 saturated carbocycles. The molecule has 2 rings (SSSR count). The summed E-state index contributed by atoms with van der Waals surface area (Å²) in [5.41, 5.74) is 7.83. The monoisotopic (exact) mass is 221 g/mol. The van der Waals surface area contributed by atoms with Gasteiger partial charge in [-0.1, -0.05) is 0 Å². The van der Waals surface area contributed by atoms with E-state index in [1.807, 2.05) is 24.8 Å². The zero-order valence-corrected chi connectivity index (χ0v) is 9.57. The van der Waals surface area contributed by atoms with Crippen LogP contribution in [0.1, 0.15) is 13.8 Å². The third-order valence-electron chi connectivity index (χ3n) is 2.68. The highest BCUT2D eigenvalue weighted by molar-refractivity contribution is 6.00. The minimum atomic E-state index is -0.178. The zero-order chi connectivity index (χ0) is 11.7. The van der Waals surface area contributed by atoms with Gasteiger partial charge in [-0.25, -0.2) is 0 Å². The van der Waals surface area contributed by atoms with Crippen LogP contribution >= 0.6 is 0 Å². The third-order valence-corrected chi connectivity index (χ3v) is 2.68. The van der Waals surface area contributed by atoms with Gasteiger partial charge in [-0.3, -0.25) is 5.41 Å². The van der Waals surface area contributed by atoms with Gasteiger partial charge in [0.1, 0.15) is 5.57 Å². The van der Waals surface area contributed by atoms with E-state index in [9.17, 15) is 0 Å². The summed E-state index contributed by atoms with van der Waals surface area (Å²) in [4.78, 5) is 1.97. The summed E-state index contributed by atoms with van der Waals surface area (Å²) in [5, 5.41) is 17.1. The molecule has 0 fully saturated rings. The normalized spacial score (nSPS) is 23.7. The molecule has 0 aromatic heterocycles. The van der Waals surface area contributed by atoms with Crippen molar-refractivity contribution in [2.24, 2.45) is 16.0 Å². The Labute approximate surface area is 94.4 Å². The second-order valence-corrected chi connectivity index (χ2v) is 3.67. The molecule has 0 bridgehead atoms. The summed E-state index contributed by atoms with van der Waals surface area (Å²) < 4.78 is 0. The SMILES string of the molecule is CCNC1=CC(N)N(CC)C2=C1C(=[NH2+])N=N2. The molecule has 0 aromatic carbocycles. The number of nitrogens with one attached hydrogen (secondary N) is 1. The molecule has 0 aliphatic carbocycles. The van der Waals surface area contributed by atoms with Crippen molar-refractivity contribution < 1.29 is 5.41 Å². The van der Waals surface area contributed by atoms with Gasteiger partial charge < -0.3 is 16.0 Å². The lowest BCUT2D eigenvalue weighted by Crippen LogP contribution is -2.46. The van der Waals surface area contributed by atoms with Crippen LogP contribution < -0.4 is 16.5 Å². The van der Waals surface area contributed by atoms with Gasteiger partial charge in [0, 0.05) is 13.1 Å². The second kappa shape index (κ2) is 4.05. The lowest BCUT2D eigenvalue weighted by Gasteiger charge is -2.30. The first kappa shape index (κ1) is 10.8. The van der Waals surface area contributed by atoms with Crippen molar-refractivity contribution >= 4 is 5.84 Å². The highest BCUT2D eigenvalue weighted by atomic mass is 15.4. The average molecular weight is 221 g/mol. The Kier molecular flexibility index (Phi) is 2.74. The van der Waals surface area contributed by atoms with E-state index in [0.717, 1.165) is 30.2 Å². The Morgan fingerprint density at radius 3 is 2.88 bits per heavy atom. The average Bonchev–Trinajstić information content (AvgIpc) is 2.62. The topological polar surface area (TPSA) is 91.6 Å². The molecule has 0 saturated heterocycles. The van der Waals surface area contributed by atoms with Gasteiger partial charge in [-0.05, 0) is 25.0 Å². The van der Waals surface area contributed by atoms with Gasteiger partial charge in [-0.2, -0.15) is 0 Å². The molecule has 6 heteroatoms. The Morgan fingerprint density at radius 2 is 2.25 bits per heavy atom. The number of hydrogen-bond donors (Lipinski definition) is 3. The van der Waals surface area contributed by atoms with Crippen LogP contribution in [0.3, 0.4) is 0 Å². The lowest BCUT2D eigenvalue weighted by atomic mass is 10.1. The van der Waals surface area contributed by atoms with Gasteiger partial charge in [0.05, 0.1) is 17.0 Å². The van der Waals surface area contributed by atoms with Gasteiger partial charge in [0.15, 0.2) is 5.82 Å². The maximum Gasteiger partial charge on any atom is 0.355 e. The number of amidine groups is 1. The number of likely N-dealkylation sites (N-methyl/N-ethyl adjacent to an activating group) is 2. The molecule has 16 heavy (non-hydrogen) atoms. The van der Waals surface area contributed by atoms with Crippen molar-refractivity contribution in [3.05, 3.63) is 23.2 Å². The largest absolute Gasteiger partial charge is 0.385 e. The molecular formula is C10H17N6+. The van der Waals surface area contributed by atoms with E-state index in [1.54, 1.807) is 0 Å². The molecule has 2 aliphatic heterocycles. The summed E-state index contributed by atoms with van der Waals surface area (Å²) in [5.74, 6) is 1.22. The van der Waals surface area contributed by atoms with Crippen molar-refractivity contribution in [3.8, 4) is 0 Å². The van der Waals surface area contributed by atoms with E-state index in [2.05, 4.69) is 15.5 Å². The summed E-state index contributed by atoms with van der Waals surface area (Å²) in [6.45, 7) is 5.65.